The Balaban J connectivity index is 1.75. The van der Waals surface area contributed by atoms with Gasteiger partial charge in [-0.15, -0.1) is 0 Å². The predicted octanol–water partition coefficient (Wildman–Crippen LogP) is 1.72. The quantitative estimate of drug-likeness (QED) is 0.858. The largest absolute Gasteiger partial charge is 0.346 e. The summed E-state index contributed by atoms with van der Waals surface area (Å²) < 4.78 is 0. The van der Waals surface area contributed by atoms with Crippen molar-refractivity contribution >= 4 is 11.9 Å². The standard InChI is InChI=1S/C17H23N3O2/c1-18-17(22)20-8-6-13-9-12(3-4-15(13)11-20)14-5-7-19(2)16(21)10-14/h3-4,9,14H,5-8,10-11H2,1-2H3,(H,18,22). The lowest BCUT2D eigenvalue weighted by atomic mass is 9.86. The van der Waals surface area contributed by atoms with Gasteiger partial charge in [0.1, 0.15) is 0 Å². The maximum Gasteiger partial charge on any atom is 0.317 e. The number of hydrogen-bond acceptors (Lipinski definition) is 2. The average molecular weight is 301 g/mol. The summed E-state index contributed by atoms with van der Waals surface area (Å²) in [6, 6.07) is 6.49. The molecular formula is C17H23N3O2. The van der Waals surface area contributed by atoms with Crippen molar-refractivity contribution in [3.05, 3.63) is 34.9 Å². The summed E-state index contributed by atoms with van der Waals surface area (Å²) in [5.74, 6) is 0.575. The number of likely N-dealkylation sites (tertiary alicyclic amines) is 1. The van der Waals surface area contributed by atoms with Crippen molar-refractivity contribution in [3.8, 4) is 0 Å². The van der Waals surface area contributed by atoms with Crippen molar-refractivity contribution in [2.75, 3.05) is 27.2 Å². The molecule has 0 radical (unpaired) electrons. The second-order valence-electron chi connectivity index (χ2n) is 6.26. The van der Waals surface area contributed by atoms with Crippen LogP contribution in [0.1, 0.15) is 35.4 Å². The molecule has 1 aromatic rings. The van der Waals surface area contributed by atoms with Crippen LogP contribution < -0.4 is 5.32 Å². The van der Waals surface area contributed by atoms with Crippen LogP contribution in [0.3, 0.4) is 0 Å². The van der Waals surface area contributed by atoms with Gasteiger partial charge in [-0.25, -0.2) is 4.79 Å². The molecule has 0 aliphatic carbocycles. The molecular weight excluding hydrogens is 278 g/mol. The number of piperidine rings is 1. The van der Waals surface area contributed by atoms with E-state index in [0.29, 0.717) is 18.9 Å². The molecule has 1 fully saturated rings. The highest BCUT2D eigenvalue weighted by atomic mass is 16.2. The van der Waals surface area contributed by atoms with Crippen LogP contribution in [0.15, 0.2) is 18.2 Å². The highest BCUT2D eigenvalue weighted by Gasteiger charge is 2.26. The Kier molecular flexibility index (Phi) is 4.05. The summed E-state index contributed by atoms with van der Waals surface area (Å²) in [5, 5.41) is 2.68. The number of hydrogen-bond donors (Lipinski definition) is 1. The maximum absolute atomic E-state index is 11.9. The van der Waals surface area contributed by atoms with Gasteiger partial charge in [-0.1, -0.05) is 18.2 Å². The topological polar surface area (TPSA) is 52.7 Å². The normalized spacial score (nSPS) is 21.5. The van der Waals surface area contributed by atoms with Crippen LogP contribution in [0.25, 0.3) is 0 Å². The summed E-state index contributed by atoms with van der Waals surface area (Å²) in [5.41, 5.74) is 3.82. The lowest BCUT2D eigenvalue weighted by Gasteiger charge is -2.31. The number of nitrogens with zero attached hydrogens (tertiary/aromatic N) is 2. The van der Waals surface area contributed by atoms with E-state index < -0.39 is 0 Å². The molecule has 118 valence electrons. The number of benzene rings is 1. The minimum atomic E-state index is -0.0179. The average Bonchev–Trinajstić information content (AvgIpc) is 2.55. The zero-order valence-corrected chi connectivity index (χ0v) is 13.3. The van der Waals surface area contributed by atoms with Gasteiger partial charge < -0.3 is 15.1 Å². The molecule has 1 atom stereocenters. The molecule has 1 N–H and O–H groups in total. The number of rotatable bonds is 1. The lowest BCUT2D eigenvalue weighted by Crippen LogP contribution is -2.41. The predicted molar refractivity (Wildman–Crippen MR) is 84.6 cm³/mol. The van der Waals surface area contributed by atoms with E-state index in [1.165, 1.54) is 16.7 Å². The van der Waals surface area contributed by atoms with E-state index in [0.717, 1.165) is 25.9 Å². The van der Waals surface area contributed by atoms with Crippen LogP contribution in [0.5, 0.6) is 0 Å². The van der Waals surface area contributed by atoms with Gasteiger partial charge in [0.15, 0.2) is 0 Å². The van der Waals surface area contributed by atoms with Gasteiger partial charge in [-0.05, 0) is 35.4 Å². The molecule has 1 unspecified atom stereocenters. The highest BCUT2D eigenvalue weighted by molar-refractivity contribution is 5.77. The molecule has 3 rings (SSSR count). The third-order valence-electron chi connectivity index (χ3n) is 4.87. The van der Waals surface area contributed by atoms with Crippen molar-refractivity contribution in [3.63, 3.8) is 0 Å². The second kappa shape index (κ2) is 5.99. The summed E-state index contributed by atoms with van der Waals surface area (Å²) in [7, 11) is 3.54. The van der Waals surface area contributed by atoms with Gasteiger partial charge in [0.2, 0.25) is 5.91 Å². The van der Waals surface area contributed by atoms with E-state index >= 15 is 0 Å². The van der Waals surface area contributed by atoms with Crippen LogP contribution >= 0.6 is 0 Å². The van der Waals surface area contributed by atoms with Gasteiger partial charge >= 0.3 is 6.03 Å². The molecule has 2 aliphatic heterocycles. The molecule has 0 bridgehead atoms. The SMILES string of the molecule is CNC(=O)N1CCc2cc(C3CCN(C)C(=O)C3)ccc2C1. The number of fused-ring (bicyclic) bond motifs is 1. The van der Waals surface area contributed by atoms with E-state index in [-0.39, 0.29) is 11.9 Å². The fourth-order valence-electron chi connectivity index (χ4n) is 3.39. The molecule has 0 saturated carbocycles. The lowest BCUT2D eigenvalue weighted by molar-refractivity contribution is -0.132. The van der Waals surface area contributed by atoms with Gasteiger partial charge in [0.25, 0.3) is 0 Å². The summed E-state index contributed by atoms with van der Waals surface area (Å²) in [6.45, 7) is 2.26. The van der Waals surface area contributed by atoms with Crippen molar-refractivity contribution < 1.29 is 9.59 Å². The van der Waals surface area contributed by atoms with Crippen LogP contribution in [0.4, 0.5) is 4.79 Å². The number of carbonyl (C=O) groups excluding carboxylic acids is 2. The molecule has 3 amide bonds. The molecule has 0 aromatic heterocycles. The first-order chi connectivity index (χ1) is 10.6. The fraction of sp³-hybridized carbons (Fsp3) is 0.529. The van der Waals surface area contributed by atoms with E-state index in [4.69, 9.17) is 0 Å². The van der Waals surface area contributed by atoms with E-state index in [1.807, 2.05) is 16.8 Å². The Bertz CT molecular complexity index is 600. The Morgan fingerprint density at radius 2 is 2.09 bits per heavy atom. The highest BCUT2D eigenvalue weighted by Crippen LogP contribution is 2.31. The van der Waals surface area contributed by atoms with Crippen LogP contribution in [-0.4, -0.2) is 48.9 Å². The van der Waals surface area contributed by atoms with Crippen molar-refractivity contribution in [2.45, 2.75) is 31.7 Å². The zero-order chi connectivity index (χ0) is 15.7. The van der Waals surface area contributed by atoms with Crippen molar-refractivity contribution in [1.82, 2.24) is 15.1 Å². The summed E-state index contributed by atoms with van der Waals surface area (Å²) in [6.07, 6.45) is 2.53. The van der Waals surface area contributed by atoms with E-state index in [2.05, 4.69) is 23.5 Å². The molecule has 1 saturated heterocycles. The molecule has 5 nitrogen and oxygen atoms in total. The van der Waals surface area contributed by atoms with Crippen LogP contribution in [0.2, 0.25) is 0 Å². The molecule has 22 heavy (non-hydrogen) atoms. The molecule has 0 spiro atoms. The first kappa shape index (κ1) is 14.9. The minimum absolute atomic E-state index is 0.0179. The number of urea groups is 1. The fourth-order valence-corrected chi connectivity index (χ4v) is 3.39. The van der Waals surface area contributed by atoms with Gasteiger partial charge in [-0.2, -0.15) is 0 Å². The smallest absolute Gasteiger partial charge is 0.317 e. The number of amides is 3. The molecule has 5 heteroatoms. The van der Waals surface area contributed by atoms with E-state index in [9.17, 15) is 9.59 Å². The van der Waals surface area contributed by atoms with Crippen LogP contribution in [0, 0.1) is 0 Å². The number of carbonyl (C=O) groups is 2. The third-order valence-corrected chi connectivity index (χ3v) is 4.87. The first-order valence-corrected chi connectivity index (χ1v) is 7.91. The first-order valence-electron chi connectivity index (χ1n) is 7.91. The maximum atomic E-state index is 11.9. The monoisotopic (exact) mass is 301 g/mol. The summed E-state index contributed by atoms with van der Waals surface area (Å²) >= 11 is 0. The van der Waals surface area contributed by atoms with Gasteiger partial charge in [-0.3, -0.25) is 4.79 Å². The van der Waals surface area contributed by atoms with Crippen LogP contribution in [-0.2, 0) is 17.8 Å². The van der Waals surface area contributed by atoms with Crippen molar-refractivity contribution in [1.29, 1.82) is 0 Å². The Labute approximate surface area is 131 Å². The Morgan fingerprint density at radius 1 is 1.27 bits per heavy atom. The summed E-state index contributed by atoms with van der Waals surface area (Å²) in [4.78, 5) is 27.3. The number of nitrogens with one attached hydrogen (secondary N) is 1. The third kappa shape index (κ3) is 2.80. The van der Waals surface area contributed by atoms with Crippen molar-refractivity contribution in [2.24, 2.45) is 0 Å². The molecule has 2 heterocycles. The second-order valence-corrected chi connectivity index (χ2v) is 6.26. The Hall–Kier alpha value is -2.04. The Morgan fingerprint density at radius 3 is 2.82 bits per heavy atom. The zero-order valence-electron chi connectivity index (χ0n) is 13.3. The van der Waals surface area contributed by atoms with E-state index in [1.54, 1.807) is 7.05 Å². The van der Waals surface area contributed by atoms with Gasteiger partial charge in [0, 0.05) is 40.2 Å². The minimum Gasteiger partial charge on any atom is -0.346 e. The van der Waals surface area contributed by atoms with Gasteiger partial charge in [0.05, 0.1) is 0 Å². The molecule has 2 aliphatic rings. The molecule has 1 aromatic carbocycles.